The molecule has 0 radical (unpaired) electrons. The molecule has 106 valence electrons. The van der Waals surface area contributed by atoms with Crippen molar-refractivity contribution in [1.29, 1.82) is 0 Å². The molecule has 0 aliphatic heterocycles. The Morgan fingerprint density at radius 2 is 2.00 bits per heavy atom. The molecule has 0 spiro atoms. The lowest BCUT2D eigenvalue weighted by molar-refractivity contribution is 0.128. The predicted octanol–water partition coefficient (Wildman–Crippen LogP) is 2.93. The van der Waals surface area contributed by atoms with E-state index < -0.39 is 0 Å². The van der Waals surface area contributed by atoms with Gasteiger partial charge in [0.25, 0.3) is 0 Å². The maximum absolute atomic E-state index is 5.89. The molecule has 0 atom stereocenters. The highest BCUT2D eigenvalue weighted by Gasteiger charge is 2.19. The SMILES string of the molecule is CCCNCc1ccc(OC2CCC(C)CC2)nn1. The van der Waals surface area contributed by atoms with Crippen LogP contribution in [0.1, 0.15) is 51.6 Å². The Balaban J connectivity index is 1.78. The van der Waals surface area contributed by atoms with Crippen LogP contribution >= 0.6 is 0 Å². The maximum atomic E-state index is 5.89. The van der Waals surface area contributed by atoms with Crippen LogP contribution in [0.4, 0.5) is 0 Å². The number of hydrogen-bond donors (Lipinski definition) is 1. The van der Waals surface area contributed by atoms with Gasteiger partial charge >= 0.3 is 0 Å². The first kappa shape index (κ1) is 14.3. The van der Waals surface area contributed by atoms with Crippen molar-refractivity contribution < 1.29 is 4.74 Å². The van der Waals surface area contributed by atoms with E-state index in [1.165, 1.54) is 12.8 Å². The van der Waals surface area contributed by atoms with Crippen molar-refractivity contribution in [2.75, 3.05) is 6.54 Å². The molecule has 1 heterocycles. The van der Waals surface area contributed by atoms with Gasteiger partial charge in [0.1, 0.15) is 6.10 Å². The highest BCUT2D eigenvalue weighted by Crippen LogP contribution is 2.26. The van der Waals surface area contributed by atoms with Crippen LogP contribution < -0.4 is 10.1 Å². The van der Waals surface area contributed by atoms with Crippen LogP contribution in [0, 0.1) is 5.92 Å². The largest absolute Gasteiger partial charge is 0.473 e. The molecule has 1 aliphatic rings. The van der Waals surface area contributed by atoms with Crippen LogP contribution in [0.2, 0.25) is 0 Å². The summed E-state index contributed by atoms with van der Waals surface area (Å²) in [6, 6.07) is 3.93. The minimum atomic E-state index is 0.328. The minimum Gasteiger partial charge on any atom is -0.473 e. The fraction of sp³-hybridized carbons (Fsp3) is 0.733. The van der Waals surface area contributed by atoms with Crippen molar-refractivity contribution in [2.24, 2.45) is 5.92 Å². The van der Waals surface area contributed by atoms with Crippen LogP contribution in [0.15, 0.2) is 12.1 Å². The van der Waals surface area contributed by atoms with Gasteiger partial charge in [-0.05, 0) is 50.6 Å². The second-order valence-electron chi connectivity index (χ2n) is 5.54. The molecule has 4 nitrogen and oxygen atoms in total. The van der Waals surface area contributed by atoms with E-state index in [-0.39, 0.29) is 0 Å². The number of hydrogen-bond acceptors (Lipinski definition) is 4. The molecule has 1 aromatic heterocycles. The standard InChI is InChI=1S/C15H25N3O/c1-3-10-16-11-13-6-9-15(18-17-13)19-14-7-4-12(2)5-8-14/h6,9,12,14,16H,3-5,7-8,10-11H2,1-2H3. The summed E-state index contributed by atoms with van der Waals surface area (Å²) >= 11 is 0. The molecule has 0 aromatic carbocycles. The Morgan fingerprint density at radius 3 is 2.63 bits per heavy atom. The average Bonchev–Trinajstić information content (AvgIpc) is 2.44. The maximum Gasteiger partial charge on any atom is 0.233 e. The molecule has 0 bridgehead atoms. The highest BCUT2D eigenvalue weighted by molar-refractivity contribution is 5.11. The zero-order valence-corrected chi connectivity index (χ0v) is 12.1. The molecule has 1 aromatic rings. The first-order chi connectivity index (χ1) is 9.28. The third-order valence-electron chi connectivity index (χ3n) is 3.68. The van der Waals surface area contributed by atoms with Crippen molar-refractivity contribution in [3.05, 3.63) is 17.8 Å². The number of nitrogens with one attached hydrogen (secondary N) is 1. The van der Waals surface area contributed by atoms with Gasteiger partial charge in [0.15, 0.2) is 0 Å². The lowest BCUT2D eigenvalue weighted by Gasteiger charge is -2.26. The Kier molecular flexibility index (Phi) is 5.58. The molecule has 4 heteroatoms. The molecule has 0 unspecified atom stereocenters. The van der Waals surface area contributed by atoms with Crippen molar-refractivity contribution >= 4 is 0 Å². The molecule has 1 aliphatic carbocycles. The van der Waals surface area contributed by atoms with E-state index in [2.05, 4.69) is 29.4 Å². The van der Waals surface area contributed by atoms with Crippen LogP contribution in [-0.2, 0) is 6.54 Å². The minimum absolute atomic E-state index is 0.328. The molecule has 1 saturated carbocycles. The molecular formula is C15H25N3O. The number of rotatable bonds is 6. The van der Waals surface area contributed by atoms with E-state index >= 15 is 0 Å². The summed E-state index contributed by atoms with van der Waals surface area (Å²) < 4.78 is 5.89. The molecule has 19 heavy (non-hydrogen) atoms. The summed E-state index contributed by atoms with van der Waals surface area (Å²) in [7, 11) is 0. The second-order valence-corrected chi connectivity index (χ2v) is 5.54. The van der Waals surface area contributed by atoms with Crippen molar-refractivity contribution in [1.82, 2.24) is 15.5 Å². The fourth-order valence-electron chi connectivity index (χ4n) is 2.42. The third-order valence-corrected chi connectivity index (χ3v) is 3.68. The summed E-state index contributed by atoms with van der Waals surface area (Å²) in [5.41, 5.74) is 0.970. The Labute approximate surface area is 116 Å². The van der Waals surface area contributed by atoms with Gasteiger partial charge in [0, 0.05) is 12.6 Å². The zero-order valence-electron chi connectivity index (χ0n) is 12.1. The first-order valence-electron chi connectivity index (χ1n) is 7.48. The summed E-state index contributed by atoms with van der Waals surface area (Å²) in [4.78, 5) is 0. The van der Waals surface area contributed by atoms with Crippen molar-refractivity contribution in [3.8, 4) is 5.88 Å². The lowest BCUT2D eigenvalue weighted by atomic mass is 9.89. The third kappa shape index (κ3) is 4.78. The monoisotopic (exact) mass is 263 g/mol. The van der Waals surface area contributed by atoms with Gasteiger partial charge in [-0.2, -0.15) is 5.10 Å². The normalized spacial score (nSPS) is 23.3. The fourth-order valence-corrected chi connectivity index (χ4v) is 2.42. The van der Waals surface area contributed by atoms with Crippen LogP contribution in [-0.4, -0.2) is 22.8 Å². The molecule has 1 fully saturated rings. The van der Waals surface area contributed by atoms with Gasteiger partial charge in [0.2, 0.25) is 5.88 Å². The van der Waals surface area contributed by atoms with E-state index in [1.54, 1.807) is 0 Å². The zero-order chi connectivity index (χ0) is 13.5. The molecule has 0 amide bonds. The number of nitrogens with zero attached hydrogens (tertiary/aromatic N) is 2. The lowest BCUT2D eigenvalue weighted by Crippen LogP contribution is -2.23. The summed E-state index contributed by atoms with van der Waals surface area (Å²) in [5.74, 6) is 1.51. The highest BCUT2D eigenvalue weighted by atomic mass is 16.5. The van der Waals surface area contributed by atoms with E-state index in [1.807, 2.05) is 12.1 Å². The van der Waals surface area contributed by atoms with Gasteiger partial charge < -0.3 is 10.1 Å². The van der Waals surface area contributed by atoms with Crippen LogP contribution in [0.5, 0.6) is 5.88 Å². The van der Waals surface area contributed by atoms with E-state index in [0.29, 0.717) is 12.0 Å². The predicted molar refractivity (Wildman–Crippen MR) is 76.1 cm³/mol. The topological polar surface area (TPSA) is 47.0 Å². The quantitative estimate of drug-likeness (QED) is 0.802. The van der Waals surface area contributed by atoms with Crippen molar-refractivity contribution in [2.45, 2.75) is 58.6 Å². The summed E-state index contributed by atoms with van der Waals surface area (Å²) in [6.45, 7) is 6.26. The van der Waals surface area contributed by atoms with Crippen LogP contribution in [0.25, 0.3) is 0 Å². The molecule has 2 rings (SSSR count). The summed E-state index contributed by atoms with van der Waals surface area (Å²) in [5, 5.41) is 11.7. The van der Waals surface area contributed by atoms with Crippen molar-refractivity contribution in [3.63, 3.8) is 0 Å². The Bertz CT molecular complexity index is 358. The van der Waals surface area contributed by atoms with Crippen LogP contribution in [0.3, 0.4) is 0 Å². The Hall–Kier alpha value is -1.16. The molecular weight excluding hydrogens is 238 g/mol. The number of aromatic nitrogens is 2. The Morgan fingerprint density at radius 1 is 1.21 bits per heavy atom. The smallest absolute Gasteiger partial charge is 0.233 e. The van der Waals surface area contributed by atoms with E-state index in [9.17, 15) is 0 Å². The molecule has 1 N–H and O–H groups in total. The van der Waals surface area contributed by atoms with Gasteiger partial charge in [-0.3, -0.25) is 0 Å². The van der Waals surface area contributed by atoms with E-state index in [0.717, 1.165) is 44.0 Å². The summed E-state index contributed by atoms with van der Waals surface area (Å²) in [6.07, 6.45) is 6.27. The molecule has 0 saturated heterocycles. The second kappa shape index (κ2) is 7.43. The number of ether oxygens (including phenoxy) is 1. The first-order valence-corrected chi connectivity index (χ1v) is 7.48. The van der Waals surface area contributed by atoms with E-state index in [4.69, 9.17) is 4.74 Å². The van der Waals surface area contributed by atoms with Gasteiger partial charge in [-0.1, -0.05) is 13.8 Å². The van der Waals surface area contributed by atoms with Gasteiger partial charge in [-0.25, -0.2) is 0 Å². The average molecular weight is 263 g/mol. The van der Waals surface area contributed by atoms with Gasteiger partial charge in [-0.15, -0.1) is 5.10 Å². The van der Waals surface area contributed by atoms with Gasteiger partial charge in [0.05, 0.1) is 5.69 Å².